The van der Waals surface area contributed by atoms with Crippen molar-refractivity contribution < 1.29 is 9.90 Å². The molecule has 4 nitrogen and oxygen atoms in total. The van der Waals surface area contributed by atoms with Crippen LogP contribution in [0, 0.1) is 19.8 Å². The summed E-state index contributed by atoms with van der Waals surface area (Å²) in [4.78, 5) is 16.0. The summed E-state index contributed by atoms with van der Waals surface area (Å²) in [6, 6.07) is 6.10. The minimum atomic E-state index is -0.000650. The highest BCUT2D eigenvalue weighted by atomic mass is 16.3. The molecule has 118 valence electrons. The molecule has 22 heavy (non-hydrogen) atoms. The number of H-pyrrole nitrogens is 1. The van der Waals surface area contributed by atoms with Crippen molar-refractivity contribution in [2.75, 3.05) is 6.61 Å². The van der Waals surface area contributed by atoms with E-state index in [9.17, 15) is 9.90 Å². The average Bonchev–Trinajstić information content (AvgIpc) is 2.83. The Morgan fingerprint density at radius 3 is 2.68 bits per heavy atom. The van der Waals surface area contributed by atoms with Gasteiger partial charge in [0.15, 0.2) is 0 Å². The Kier molecular flexibility index (Phi) is 4.21. The van der Waals surface area contributed by atoms with Crippen molar-refractivity contribution in [2.45, 2.75) is 45.6 Å². The average molecular weight is 300 g/mol. The number of rotatable bonds is 3. The van der Waals surface area contributed by atoms with Crippen molar-refractivity contribution in [3.63, 3.8) is 0 Å². The van der Waals surface area contributed by atoms with Crippen molar-refractivity contribution in [1.82, 2.24) is 10.3 Å². The number of hydrogen-bond donors (Lipinski definition) is 3. The zero-order valence-electron chi connectivity index (χ0n) is 13.3. The summed E-state index contributed by atoms with van der Waals surface area (Å²) in [5.41, 5.74) is 3.96. The second kappa shape index (κ2) is 6.13. The molecular formula is C18H24N2O2. The minimum absolute atomic E-state index is 0.000650. The van der Waals surface area contributed by atoms with E-state index in [1.165, 1.54) is 5.56 Å². The molecule has 0 atom stereocenters. The van der Waals surface area contributed by atoms with Gasteiger partial charge < -0.3 is 15.4 Å². The van der Waals surface area contributed by atoms with Crippen LogP contribution in [0.2, 0.25) is 0 Å². The molecule has 0 unspecified atom stereocenters. The lowest BCUT2D eigenvalue weighted by Gasteiger charge is -2.28. The molecule has 1 aliphatic carbocycles. The van der Waals surface area contributed by atoms with E-state index in [1.807, 2.05) is 19.1 Å². The molecule has 1 amide bonds. The van der Waals surface area contributed by atoms with Crippen molar-refractivity contribution in [1.29, 1.82) is 0 Å². The van der Waals surface area contributed by atoms with Crippen LogP contribution < -0.4 is 5.32 Å². The quantitative estimate of drug-likeness (QED) is 0.815. The van der Waals surface area contributed by atoms with Crippen molar-refractivity contribution in [2.24, 2.45) is 5.92 Å². The Bertz CT molecular complexity index is 682. The van der Waals surface area contributed by atoms with Crippen LogP contribution in [-0.4, -0.2) is 28.6 Å². The van der Waals surface area contributed by atoms with Gasteiger partial charge >= 0.3 is 0 Å². The van der Waals surface area contributed by atoms with Gasteiger partial charge in [0.2, 0.25) is 0 Å². The van der Waals surface area contributed by atoms with Crippen LogP contribution in [0.5, 0.6) is 0 Å². The van der Waals surface area contributed by atoms with E-state index in [4.69, 9.17) is 0 Å². The van der Waals surface area contributed by atoms with Crippen LogP contribution in [0.1, 0.15) is 47.3 Å². The summed E-state index contributed by atoms with van der Waals surface area (Å²) in [6.45, 7) is 4.38. The van der Waals surface area contributed by atoms with Gasteiger partial charge in [-0.05, 0) is 57.1 Å². The summed E-state index contributed by atoms with van der Waals surface area (Å²) < 4.78 is 0. The number of aryl methyl sites for hydroxylation is 2. The van der Waals surface area contributed by atoms with E-state index in [1.54, 1.807) is 0 Å². The van der Waals surface area contributed by atoms with Crippen molar-refractivity contribution in [3.8, 4) is 0 Å². The molecule has 2 aromatic rings. The highest BCUT2D eigenvalue weighted by molar-refractivity contribution is 6.06. The Hall–Kier alpha value is -1.81. The van der Waals surface area contributed by atoms with Crippen molar-refractivity contribution >= 4 is 16.8 Å². The van der Waals surface area contributed by atoms with Gasteiger partial charge in [-0.3, -0.25) is 4.79 Å². The first-order valence-corrected chi connectivity index (χ1v) is 8.09. The Balaban J connectivity index is 1.77. The smallest absolute Gasteiger partial charge is 0.253 e. The van der Waals surface area contributed by atoms with Crippen LogP contribution in [0.25, 0.3) is 10.9 Å². The number of nitrogens with one attached hydrogen (secondary N) is 2. The number of aromatic amines is 1. The van der Waals surface area contributed by atoms with Crippen LogP contribution >= 0.6 is 0 Å². The Morgan fingerprint density at radius 2 is 2.00 bits per heavy atom. The maximum Gasteiger partial charge on any atom is 0.253 e. The topological polar surface area (TPSA) is 65.1 Å². The first-order chi connectivity index (χ1) is 10.6. The second-order valence-electron chi connectivity index (χ2n) is 6.48. The van der Waals surface area contributed by atoms with Gasteiger partial charge in [0.1, 0.15) is 0 Å². The molecular weight excluding hydrogens is 276 g/mol. The van der Waals surface area contributed by atoms with E-state index < -0.39 is 0 Å². The summed E-state index contributed by atoms with van der Waals surface area (Å²) in [6.07, 6.45) is 3.89. The van der Waals surface area contributed by atoms with Gasteiger partial charge in [0, 0.05) is 23.7 Å². The summed E-state index contributed by atoms with van der Waals surface area (Å²) >= 11 is 0. The van der Waals surface area contributed by atoms with E-state index in [0.717, 1.165) is 47.8 Å². The largest absolute Gasteiger partial charge is 0.396 e. The number of carbonyl (C=O) groups excluding carboxylic acids is 1. The highest BCUT2D eigenvalue weighted by Gasteiger charge is 2.23. The lowest BCUT2D eigenvalue weighted by Crippen LogP contribution is -2.38. The SMILES string of the molecule is Cc1[nH]c2c(C(=O)NC3CCC(CO)CC3)cccc2c1C. The molecule has 3 rings (SSSR count). The molecule has 1 heterocycles. The molecule has 4 heteroatoms. The fourth-order valence-corrected chi connectivity index (χ4v) is 3.42. The zero-order valence-corrected chi connectivity index (χ0v) is 13.3. The van der Waals surface area contributed by atoms with Gasteiger partial charge in [-0.15, -0.1) is 0 Å². The fraction of sp³-hybridized carbons (Fsp3) is 0.500. The molecule has 1 saturated carbocycles. The van der Waals surface area contributed by atoms with E-state index >= 15 is 0 Å². The Labute approximate surface area is 130 Å². The third-order valence-corrected chi connectivity index (χ3v) is 5.03. The molecule has 1 aliphatic rings. The zero-order chi connectivity index (χ0) is 15.7. The van der Waals surface area contributed by atoms with E-state index in [2.05, 4.69) is 23.3 Å². The van der Waals surface area contributed by atoms with Gasteiger partial charge in [0.25, 0.3) is 5.91 Å². The number of para-hydroxylation sites is 1. The van der Waals surface area contributed by atoms with Gasteiger partial charge in [-0.1, -0.05) is 12.1 Å². The fourth-order valence-electron chi connectivity index (χ4n) is 3.42. The number of aliphatic hydroxyl groups excluding tert-OH is 1. The predicted octanol–water partition coefficient (Wildman–Crippen LogP) is 3.07. The third-order valence-electron chi connectivity index (χ3n) is 5.03. The summed E-state index contributed by atoms with van der Waals surface area (Å²) in [5.74, 6) is 0.407. The lowest BCUT2D eigenvalue weighted by molar-refractivity contribution is 0.0915. The molecule has 0 radical (unpaired) electrons. The molecule has 1 aromatic heterocycles. The molecule has 1 fully saturated rings. The standard InChI is InChI=1S/C18H24N2O2/c1-11-12(2)19-17-15(11)4-3-5-16(17)18(22)20-14-8-6-13(10-21)7-9-14/h3-5,13-14,19,21H,6-10H2,1-2H3,(H,20,22). The van der Waals surface area contributed by atoms with Crippen LogP contribution in [0.15, 0.2) is 18.2 Å². The van der Waals surface area contributed by atoms with E-state index in [0.29, 0.717) is 5.92 Å². The first kappa shape index (κ1) is 15.1. The van der Waals surface area contributed by atoms with Gasteiger partial charge in [-0.2, -0.15) is 0 Å². The van der Waals surface area contributed by atoms with Gasteiger partial charge in [0.05, 0.1) is 11.1 Å². The number of carbonyl (C=O) groups is 1. The lowest BCUT2D eigenvalue weighted by atomic mass is 9.86. The number of aromatic nitrogens is 1. The number of amides is 1. The second-order valence-corrected chi connectivity index (χ2v) is 6.48. The molecule has 3 N–H and O–H groups in total. The van der Waals surface area contributed by atoms with Crippen LogP contribution in [0.4, 0.5) is 0 Å². The molecule has 0 saturated heterocycles. The van der Waals surface area contributed by atoms with Gasteiger partial charge in [-0.25, -0.2) is 0 Å². The normalized spacial score (nSPS) is 22.0. The summed E-state index contributed by atoms with van der Waals surface area (Å²) in [7, 11) is 0. The van der Waals surface area contributed by atoms with E-state index in [-0.39, 0.29) is 18.6 Å². The highest BCUT2D eigenvalue weighted by Crippen LogP contribution is 2.26. The van der Waals surface area contributed by atoms with Crippen molar-refractivity contribution in [3.05, 3.63) is 35.0 Å². The maximum absolute atomic E-state index is 12.6. The predicted molar refractivity (Wildman–Crippen MR) is 88.1 cm³/mol. The molecule has 1 aromatic carbocycles. The number of hydrogen-bond acceptors (Lipinski definition) is 2. The summed E-state index contributed by atoms with van der Waals surface area (Å²) in [5, 5.41) is 13.5. The maximum atomic E-state index is 12.6. The van der Waals surface area contributed by atoms with Crippen LogP contribution in [-0.2, 0) is 0 Å². The van der Waals surface area contributed by atoms with Crippen LogP contribution in [0.3, 0.4) is 0 Å². The number of fused-ring (bicyclic) bond motifs is 1. The monoisotopic (exact) mass is 300 g/mol. The molecule has 0 spiro atoms. The molecule has 0 aliphatic heterocycles. The third kappa shape index (κ3) is 2.75. The number of aliphatic hydroxyl groups is 1. The minimum Gasteiger partial charge on any atom is -0.396 e. The molecule has 0 bridgehead atoms. The number of benzene rings is 1. The first-order valence-electron chi connectivity index (χ1n) is 8.09. The Morgan fingerprint density at radius 1 is 1.27 bits per heavy atom.